The second-order valence-electron chi connectivity index (χ2n) is 8.50. The summed E-state index contributed by atoms with van der Waals surface area (Å²) in [6.07, 6.45) is 4.24. The third kappa shape index (κ3) is 3.32. The van der Waals surface area contributed by atoms with E-state index in [1.807, 2.05) is 0 Å². The molecule has 27 heavy (non-hydrogen) atoms. The van der Waals surface area contributed by atoms with Crippen LogP contribution in [0.5, 0.6) is 0 Å². The number of aryl methyl sites for hydroxylation is 1. The normalized spacial score (nSPS) is 18.6. The number of thiophene rings is 1. The van der Waals surface area contributed by atoms with Gasteiger partial charge in [0.1, 0.15) is 11.2 Å². The lowest BCUT2D eigenvalue weighted by Crippen LogP contribution is -2.31. The van der Waals surface area contributed by atoms with Gasteiger partial charge in [-0.05, 0) is 43.1 Å². The van der Waals surface area contributed by atoms with Crippen LogP contribution in [0.2, 0.25) is 0 Å². The van der Waals surface area contributed by atoms with Crippen molar-refractivity contribution in [2.24, 2.45) is 11.3 Å². The number of aliphatic hydroxyl groups excluding tert-OH is 1. The molecule has 0 radical (unpaired) electrons. The molecule has 7 nitrogen and oxygen atoms in total. The van der Waals surface area contributed by atoms with E-state index in [-0.39, 0.29) is 18.3 Å². The van der Waals surface area contributed by atoms with Crippen LogP contribution in [0.4, 0.5) is 0 Å². The number of aliphatic hydroxyl groups is 1. The van der Waals surface area contributed by atoms with Crippen LogP contribution < -0.4 is 5.32 Å². The number of carbonyl (C=O) groups excluding carboxylic acids is 1. The molecule has 0 bridgehead atoms. The lowest BCUT2D eigenvalue weighted by Gasteiger charge is -2.33. The Bertz CT molecular complexity index is 1010. The smallest absolute Gasteiger partial charge is 0.291 e. The van der Waals surface area contributed by atoms with Gasteiger partial charge in [-0.25, -0.2) is 14.5 Å². The molecule has 3 aromatic rings. The topological polar surface area (TPSA) is 92.4 Å². The second-order valence-corrected chi connectivity index (χ2v) is 9.58. The summed E-state index contributed by atoms with van der Waals surface area (Å²) in [5, 5.41) is 17.3. The Morgan fingerprint density at radius 3 is 2.96 bits per heavy atom. The maximum Gasteiger partial charge on any atom is 0.291 e. The Hall–Kier alpha value is -2.06. The quantitative estimate of drug-likeness (QED) is 0.721. The Morgan fingerprint density at radius 1 is 1.48 bits per heavy atom. The van der Waals surface area contributed by atoms with Gasteiger partial charge in [-0.1, -0.05) is 20.8 Å². The fourth-order valence-electron chi connectivity index (χ4n) is 3.73. The third-order valence-corrected chi connectivity index (χ3v) is 6.53. The van der Waals surface area contributed by atoms with Crippen LogP contribution in [0.15, 0.2) is 6.33 Å². The molecule has 0 spiro atoms. The lowest BCUT2D eigenvalue weighted by molar-refractivity contribution is 0.0914. The molecule has 1 amide bonds. The van der Waals surface area contributed by atoms with Crippen molar-refractivity contribution in [3.63, 3.8) is 0 Å². The highest BCUT2D eigenvalue weighted by molar-refractivity contribution is 7.19. The summed E-state index contributed by atoms with van der Waals surface area (Å²) < 4.78 is 1.59. The summed E-state index contributed by atoms with van der Waals surface area (Å²) in [4.78, 5) is 23.7. The van der Waals surface area contributed by atoms with E-state index < -0.39 is 6.10 Å². The monoisotopic (exact) mass is 387 g/mol. The molecule has 2 atom stereocenters. The van der Waals surface area contributed by atoms with Crippen LogP contribution in [-0.4, -0.2) is 43.2 Å². The summed E-state index contributed by atoms with van der Waals surface area (Å²) in [5.74, 6) is 0.381. The van der Waals surface area contributed by atoms with Crippen molar-refractivity contribution in [2.45, 2.75) is 53.1 Å². The number of nitrogens with one attached hydrogen (secondary N) is 1. The first kappa shape index (κ1) is 18.3. The van der Waals surface area contributed by atoms with Gasteiger partial charge in [0.05, 0.1) is 11.5 Å². The van der Waals surface area contributed by atoms with Crippen molar-refractivity contribution in [1.82, 2.24) is 24.9 Å². The molecule has 4 rings (SSSR count). The zero-order valence-electron chi connectivity index (χ0n) is 16.1. The number of hydrogen-bond acceptors (Lipinski definition) is 6. The van der Waals surface area contributed by atoms with Crippen molar-refractivity contribution in [3.8, 4) is 0 Å². The minimum atomic E-state index is -0.612. The standard InChI is InChI=1S/C19H25N5O2S/c1-10(25)8-20-17(26)15-22-16-14-12-6-5-11(19(2,3)4)7-13(12)27-18(14)21-9-24(16)23-15/h9-11,25H,5-8H2,1-4H3,(H,20,26)/t10-,11-/m1/s1. The summed E-state index contributed by atoms with van der Waals surface area (Å²) >= 11 is 1.74. The average molecular weight is 388 g/mol. The average Bonchev–Trinajstić information content (AvgIpc) is 3.18. The molecule has 0 fully saturated rings. The van der Waals surface area contributed by atoms with Crippen LogP contribution in [0.25, 0.3) is 15.9 Å². The molecule has 0 aliphatic heterocycles. The fraction of sp³-hybridized carbons (Fsp3) is 0.579. The molecule has 0 saturated heterocycles. The van der Waals surface area contributed by atoms with E-state index in [2.05, 4.69) is 41.2 Å². The Labute approximate surface area is 161 Å². The number of amides is 1. The van der Waals surface area contributed by atoms with Gasteiger partial charge in [-0.2, -0.15) is 0 Å². The van der Waals surface area contributed by atoms with Crippen molar-refractivity contribution >= 4 is 33.1 Å². The maximum absolute atomic E-state index is 12.3. The number of aromatic nitrogens is 4. The van der Waals surface area contributed by atoms with Gasteiger partial charge < -0.3 is 10.4 Å². The lowest BCUT2D eigenvalue weighted by atomic mass is 9.72. The number of rotatable bonds is 3. The van der Waals surface area contributed by atoms with Gasteiger partial charge in [0.25, 0.3) is 5.91 Å². The number of fused-ring (bicyclic) bond motifs is 5. The molecule has 2 N–H and O–H groups in total. The molecule has 0 saturated carbocycles. The zero-order valence-corrected chi connectivity index (χ0v) is 16.9. The van der Waals surface area contributed by atoms with E-state index in [1.165, 1.54) is 10.4 Å². The van der Waals surface area contributed by atoms with Crippen LogP contribution in [-0.2, 0) is 12.8 Å². The fourth-order valence-corrected chi connectivity index (χ4v) is 4.99. The predicted octanol–water partition coefficient (Wildman–Crippen LogP) is 2.60. The first-order chi connectivity index (χ1) is 12.7. The van der Waals surface area contributed by atoms with Crippen LogP contribution >= 0.6 is 11.3 Å². The number of carbonyl (C=O) groups is 1. The SMILES string of the molecule is C[C@@H](O)CNC(=O)c1nc2c3c4c(sc3ncn2n1)C[C@H](C(C)(C)C)CC4. The van der Waals surface area contributed by atoms with E-state index in [4.69, 9.17) is 0 Å². The minimum Gasteiger partial charge on any atom is -0.392 e. The Kier molecular flexibility index (Phi) is 4.43. The molecule has 0 unspecified atom stereocenters. The first-order valence-corrected chi connectivity index (χ1v) is 10.2. The molecule has 1 aliphatic rings. The largest absolute Gasteiger partial charge is 0.392 e. The number of hydrogen-bond donors (Lipinski definition) is 2. The second kappa shape index (κ2) is 6.53. The van der Waals surface area contributed by atoms with Crippen molar-refractivity contribution in [3.05, 3.63) is 22.6 Å². The third-order valence-electron chi connectivity index (χ3n) is 5.37. The molecule has 144 valence electrons. The summed E-state index contributed by atoms with van der Waals surface area (Å²) in [6.45, 7) is 8.71. The highest BCUT2D eigenvalue weighted by Crippen LogP contribution is 2.43. The Balaban J connectivity index is 1.74. The van der Waals surface area contributed by atoms with Crippen LogP contribution in [0.1, 0.15) is 55.2 Å². The van der Waals surface area contributed by atoms with Gasteiger partial charge in [0, 0.05) is 11.4 Å². The minimum absolute atomic E-state index is 0.105. The van der Waals surface area contributed by atoms with Gasteiger partial charge in [0.2, 0.25) is 5.82 Å². The first-order valence-electron chi connectivity index (χ1n) is 9.36. The molecule has 1 aliphatic carbocycles. The molecule has 3 aromatic heterocycles. The van der Waals surface area contributed by atoms with E-state index in [1.54, 1.807) is 29.1 Å². The predicted molar refractivity (Wildman–Crippen MR) is 105 cm³/mol. The Morgan fingerprint density at radius 2 is 2.26 bits per heavy atom. The highest BCUT2D eigenvalue weighted by atomic mass is 32.1. The molecular weight excluding hydrogens is 362 g/mol. The van der Waals surface area contributed by atoms with Crippen molar-refractivity contribution in [1.29, 1.82) is 0 Å². The molecule has 0 aromatic carbocycles. The van der Waals surface area contributed by atoms with E-state index in [0.717, 1.165) is 29.5 Å². The molecular formula is C19H25N5O2S. The van der Waals surface area contributed by atoms with Gasteiger partial charge >= 0.3 is 0 Å². The summed E-state index contributed by atoms with van der Waals surface area (Å²) in [6, 6.07) is 0. The highest BCUT2D eigenvalue weighted by Gasteiger charge is 2.32. The van der Waals surface area contributed by atoms with Crippen molar-refractivity contribution < 1.29 is 9.90 Å². The van der Waals surface area contributed by atoms with Crippen LogP contribution in [0.3, 0.4) is 0 Å². The van der Waals surface area contributed by atoms with Gasteiger partial charge in [-0.15, -0.1) is 16.4 Å². The number of nitrogens with zero attached hydrogens (tertiary/aromatic N) is 4. The summed E-state index contributed by atoms with van der Waals surface area (Å²) in [7, 11) is 0. The van der Waals surface area contributed by atoms with Crippen LogP contribution in [0, 0.1) is 11.3 Å². The van der Waals surface area contributed by atoms with Crippen molar-refractivity contribution in [2.75, 3.05) is 6.54 Å². The van der Waals surface area contributed by atoms with E-state index >= 15 is 0 Å². The molecule has 8 heteroatoms. The van der Waals surface area contributed by atoms with E-state index in [9.17, 15) is 9.90 Å². The zero-order chi connectivity index (χ0) is 19.3. The van der Waals surface area contributed by atoms with Gasteiger partial charge in [0.15, 0.2) is 5.65 Å². The molecule has 3 heterocycles. The maximum atomic E-state index is 12.3. The van der Waals surface area contributed by atoms with Gasteiger partial charge in [-0.3, -0.25) is 4.79 Å². The summed E-state index contributed by atoms with van der Waals surface area (Å²) in [5.41, 5.74) is 2.30. The van der Waals surface area contributed by atoms with E-state index in [0.29, 0.717) is 17.0 Å².